The minimum Gasteiger partial charge on any atom is -0.466 e. The molecular weight excluding hydrogens is 400 g/mol. The first kappa shape index (κ1) is 24.1. The normalized spacial score (nSPS) is 32.7. The zero-order valence-electron chi connectivity index (χ0n) is 18.2. The highest BCUT2D eigenvalue weighted by Crippen LogP contribution is 2.42. The Labute approximate surface area is 175 Å². The molecular formula is C20H30O10. The molecule has 10 heteroatoms. The maximum absolute atomic E-state index is 12.9. The van der Waals surface area contributed by atoms with Crippen molar-refractivity contribution < 1.29 is 47.6 Å². The monoisotopic (exact) mass is 430 g/mol. The lowest BCUT2D eigenvalue weighted by atomic mass is 9.71. The first-order chi connectivity index (χ1) is 13.9. The molecule has 1 saturated heterocycles. The molecule has 0 aromatic heterocycles. The summed E-state index contributed by atoms with van der Waals surface area (Å²) in [5.74, 6) is -5.03. The number of carbonyl (C=O) groups is 4. The maximum atomic E-state index is 12.9. The van der Waals surface area contributed by atoms with Crippen LogP contribution in [0.2, 0.25) is 0 Å². The fourth-order valence-electron chi connectivity index (χ4n) is 4.06. The van der Waals surface area contributed by atoms with Gasteiger partial charge in [-0.3, -0.25) is 19.2 Å². The van der Waals surface area contributed by atoms with E-state index in [2.05, 4.69) is 0 Å². The van der Waals surface area contributed by atoms with Gasteiger partial charge in [-0.2, -0.15) is 0 Å². The van der Waals surface area contributed by atoms with Crippen molar-refractivity contribution in [2.45, 2.75) is 78.2 Å². The molecule has 10 nitrogen and oxygen atoms in total. The van der Waals surface area contributed by atoms with Crippen molar-refractivity contribution in [2.75, 3.05) is 13.2 Å². The molecule has 0 amide bonds. The number of carbonyl (C=O) groups excluding carboxylic acids is 4. The molecule has 0 spiro atoms. The maximum Gasteiger partial charge on any atom is 0.313 e. The van der Waals surface area contributed by atoms with Crippen LogP contribution in [-0.4, -0.2) is 67.3 Å². The van der Waals surface area contributed by atoms with Crippen LogP contribution in [0.3, 0.4) is 0 Å². The van der Waals surface area contributed by atoms with Gasteiger partial charge in [0.1, 0.15) is 12.0 Å². The second-order valence-corrected chi connectivity index (χ2v) is 7.84. The zero-order chi connectivity index (χ0) is 22.6. The fourth-order valence-corrected chi connectivity index (χ4v) is 4.06. The van der Waals surface area contributed by atoms with Gasteiger partial charge in [-0.25, -0.2) is 0 Å². The third-order valence-electron chi connectivity index (χ3n) is 5.00. The van der Waals surface area contributed by atoms with Crippen molar-refractivity contribution in [3.63, 3.8) is 0 Å². The van der Waals surface area contributed by atoms with E-state index in [9.17, 15) is 19.2 Å². The highest BCUT2D eigenvalue weighted by Gasteiger charge is 2.57. The summed E-state index contributed by atoms with van der Waals surface area (Å²) >= 11 is 0. The van der Waals surface area contributed by atoms with Crippen molar-refractivity contribution >= 4 is 23.9 Å². The van der Waals surface area contributed by atoms with E-state index in [1.165, 1.54) is 20.8 Å². The Morgan fingerprint density at radius 1 is 0.933 bits per heavy atom. The SMILES string of the molecule is CCOC(=O)[C@@H]1[C@H]([C@H]2COC(C)(C)O2)C[C@@H](OC(C)=O)[C@@H](OC(C)=O)[C@@H]1OC(C)=O. The second-order valence-electron chi connectivity index (χ2n) is 7.84. The largest absolute Gasteiger partial charge is 0.466 e. The van der Waals surface area contributed by atoms with Gasteiger partial charge in [0.15, 0.2) is 18.0 Å². The van der Waals surface area contributed by atoms with E-state index in [0.717, 1.165) is 0 Å². The summed E-state index contributed by atoms with van der Waals surface area (Å²) in [4.78, 5) is 48.2. The molecule has 2 aliphatic rings. The smallest absolute Gasteiger partial charge is 0.313 e. The van der Waals surface area contributed by atoms with Gasteiger partial charge < -0.3 is 28.4 Å². The third kappa shape index (κ3) is 5.91. The van der Waals surface area contributed by atoms with E-state index in [4.69, 9.17) is 28.4 Å². The summed E-state index contributed by atoms with van der Waals surface area (Å²) in [5, 5.41) is 0. The molecule has 2 fully saturated rings. The average Bonchev–Trinajstić information content (AvgIpc) is 2.96. The van der Waals surface area contributed by atoms with Crippen LogP contribution in [0.1, 0.15) is 48.0 Å². The number of ether oxygens (including phenoxy) is 6. The van der Waals surface area contributed by atoms with Crippen molar-refractivity contribution in [3.8, 4) is 0 Å². The van der Waals surface area contributed by atoms with E-state index in [-0.39, 0.29) is 19.6 Å². The summed E-state index contributed by atoms with van der Waals surface area (Å²) in [5.41, 5.74) is 0. The molecule has 0 radical (unpaired) electrons. The van der Waals surface area contributed by atoms with Crippen molar-refractivity contribution in [1.29, 1.82) is 0 Å². The Bertz CT molecular complexity index is 672. The molecule has 6 atom stereocenters. The number of rotatable bonds is 6. The van der Waals surface area contributed by atoms with Crippen molar-refractivity contribution in [1.82, 2.24) is 0 Å². The van der Waals surface area contributed by atoms with E-state index in [1.54, 1.807) is 20.8 Å². The average molecular weight is 430 g/mol. The first-order valence-corrected chi connectivity index (χ1v) is 9.95. The molecule has 2 rings (SSSR count). The Morgan fingerprint density at radius 3 is 1.97 bits per heavy atom. The van der Waals surface area contributed by atoms with Crippen LogP contribution < -0.4 is 0 Å². The first-order valence-electron chi connectivity index (χ1n) is 9.95. The topological polar surface area (TPSA) is 124 Å². The zero-order valence-corrected chi connectivity index (χ0v) is 18.2. The molecule has 0 aromatic carbocycles. The van der Waals surface area contributed by atoms with Crippen molar-refractivity contribution in [2.24, 2.45) is 11.8 Å². The van der Waals surface area contributed by atoms with E-state index >= 15 is 0 Å². The molecule has 1 aliphatic carbocycles. The molecule has 1 saturated carbocycles. The standard InChI is InChI=1S/C20H30O10/c1-7-25-19(24)16-13(15-9-26-20(5,6)30-15)8-14(27-10(2)21)17(28-11(3)22)18(16)29-12(4)23/h13-18H,7-9H2,1-6H3/t13-,14+,15+,16+,17+,18+/m0/s1. The highest BCUT2D eigenvalue weighted by atomic mass is 16.7. The molecule has 0 N–H and O–H groups in total. The lowest BCUT2D eigenvalue weighted by Gasteiger charge is -2.45. The third-order valence-corrected chi connectivity index (χ3v) is 5.00. The van der Waals surface area contributed by atoms with Gasteiger partial charge in [-0.15, -0.1) is 0 Å². The summed E-state index contributed by atoms with van der Waals surface area (Å²) in [6.45, 7) is 9.00. The minimum atomic E-state index is -1.22. The lowest BCUT2D eigenvalue weighted by Crippen LogP contribution is -2.59. The molecule has 170 valence electrons. The van der Waals surface area contributed by atoms with Crippen LogP contribution >= 0.6 is 0 Å². The lowest BCUT2D eigenvalue weighted by molar-refractivity contribution is -0.216. The second kappa shape index (κ2) is 9.74. The van der Waals surface area contributed by atoms with Crippen LogP contribution in [-0.2, 0) is 47.6 Å². The fraction of sp³-hybridized carbons (Fsp3) is 0.800. The van der Waals surface area contributed by atoms with Gasteiger partial charge in [0, 0.05) is 26.7 Å². The van der Waals surface area contributed by atoms with Gasteiger partial charge in [0.25, 0.3) is 0 Å². The molecule has 30 heavy (non-hydrogen) atoms. The summed E-state index contributed by atoms with van der Waals surface area (Å²) in [7, 11) is 0. The van der Waals surface area contributed by atoms with Gasteiger partial charge in [0.2, 0.25) is 0 Å². The number of hydrogen-bond donors (Lipinski definition) is 0. The minimum absolute atomic E-state index is 0.105. The molecule has 0 bridgehead atoms. The van der Waals surface area contributed by atoms with Gasteiger partial charge >= 0.3 is 23.9 Å². The summed E-state index contributed by atoms with van der Waals surface area (Å²) in [6, 6.07) is 0. The number of esters is 4. The molecule has 0 unspecified atom stereocenters. The summed E-state index contributed by atoms with van der Waals surface area (Å²) in [6.07, 6.45) is -3.76. The Balaban J connectivity index is 2.49. The molecule has 1 aliphatic heterocycles. The van der Waals surface area contributed by atoms with E-state index < -0.39 is 65.9 Å². The van der Waals surface area contributed by atoms with Crippen LogP contribution in [0.5, 0.6) is 0 Å². The van der Waals surface area contributed by atoms with Crippen LogP contribution in [0.15, 0.2) is 0 Å². The Hall–Kier alpha value is -2.20. The van der Waals surface area contributed by atoms with Crippen LogP contribution in [0, 0.1) is 11.8 Å². The van der Waals surface area contributed by atoms with Crippen LogP contribution in [0.25, 0.3) is 0 Å². The van der Waals surface area contributed by atoms with Gasteiger partial charge in [0.05, 0.1) is 19.3 Å². The predicted octanol–water partition coefficient (Wildman–Crippen LogP) is 1.13. The summed E-state index contributed by atoms with van der Waals surface area (Å²) < 4.78 is 33.0. The molecule has 1 heterocycles. The molecule has 0 aromatic rings. The predicted molar refractivity (Wildman–Crippen MR) is 99.8 cm³/mol. The van der Waals surface area contributed by atoms with Gasteiger partial charge in [-0.05, 0) is 27.2 Å². The van der Waals surface area contributed by atoms with Crippen molar-refractivity contribution in [3.05, 3.63) is 0 Å². The Morgan fingerprint density at radius 2 is 1.50 bits per heavy atom. The Kier molecular flexibility index (Phi) is 7.81. The van der Waals surface area contributed by atoms with Crippen LogP contribution in [0.4, 0.5) is 0 Å². The quantitative estimate of drug-likeness (QED) is 0.447. The van der Waals surface area contributed by atoms with Gasteiger partial charge in [-0.1, -0.05) is 0 Å². The highest BCUT2D eigenvalue weighted by molar-refractivity contribution is 5.76. The van der Waals surface area contributed by atoms with E-state index in [0.29, 0.717) is 0 Å². The number of hydrogen-bond acceptors (Lipinski definition) is 10. The van der Waals surface area contributed by atoms with E-state index in [1.807, 2.05) is 0 Å².